The van der Waals surface area contributed by atoms with Gasteiger partial charge in [0.05, 0.1) is 35.0 Å². The molecule has 4 rings (SSSR count). The van der Waals surface area contributed by atoms with Gasteiger partial charge in [0, 0.05) is 10.9 Å². The average Bonchev–Trinajstić information content (AvgIpc) is 3.17. The van der Waals surface area contributed by atoms with E-state index in [1.54, 1.807) is 30.3 Å². The molecule has 34 heavy (non-hydrogen) atoms. The van der Waals surface area contributed by atoms with Gasteiger partial charge in [-0.25, -0.2) is 3.97 Å². The van der Waals surface area contributed by atoms with Crippen molar-refractivity contribution in [2.75, 3.05) is 7.11 Å². The van der Waals surface area contributed by atoms with E-state index < -0.39 is 15.5 Å². The standard InChI is InChI=1S/C24H16ClF3N2O3S/c1-14-9-15(13-29)3-6-19(14)16-4-8-22-17(10-16)11-23(30(22)34(31,32)24(26,27)28)20-7-5-18(33-2)12-21(20)25/h3-12H,1-2H3. The van der Waals surface area contributed by atoms with Crippen LogP contribution in [0.15, 0.2) is 60.7 Å². The number of benzene rings is 3. The van der Waals surface area contributed by atoms with Crippen LogP contribution in [0.4, 0.5) is 13.2 Å². The summed E-state index contributed by atoms with van der Waals surface area (Å²) in [7, 11) is -4.37. The third kappa shape index (κ3) is 3.89. The molecule has 5 nitrogen and oxygen atoms in total. The van der Waals surface area contributed by atoms with Crippen molar-refractivity contribution in [3.63, 3.8) is 0 Å². The molecular weight excluding hydrogens is 489 g/mol. The molecule has 0 aliphatic carbocycles. The number of nitriles is 1. The van der Waals surface area contributed by atoms with Crippen LogP contribution in [0, 0.1) is 18.3 Å². The quantitative estimate of drug-likeness (QED) is 0.317. The molecule has 0 saturated heterocycles. The molecule has 0 aliphatic heterocycles. The van der Waals surface area contributed by atoms with Gasteiger partial charge in [0.15, 0.2) is 0 Å². The van der Waals surface area contributed by atoms with Crippen molar-refractivity contribution in [1.82, 2.24) is 3.97 Å². The number of alkyl halides is 3. The lowest BCUT2D eigenvalue weighted by Gasteiger charge is -2.15. The molecule has 0 fully saturated rings. The maximum atomic E-state index is 13.6. The summed E-state index contributed by atoms with van der Waals surface area (Å²) in [5.41, 5.74) is -3.12. The van der Waals surface area contributed by atoms with E-state index in [9.17, 15) is 21.6 Å². The second-order valence-electron chi connectivity index (χ2n) is 7.51. The minimum Gasteiger partial charge on any atom is -0.497 e. The van der Waals surface area contributed by atoms with Crippen molar-refractivity contribution >= 4 is 32.5 Å². The number of aryl methyl sites for hydroxylation is 1. The van der Waals surface area contributed by atoms with Crippen molar-refractivity contribution in [1.29, 1.82) is 5.26 Å². The first-order valence-electron chi connectivity index (χ1n) is 9.80. The maximum Gasteiger partial charge on any atom is 0.517 e. The van der Waals surface area contributed by atoms with Crippen molar-refractivity contribution in [3.8, 4) is 34.2 Å². The number of fused-ring (bicyclic) bond motifs is 1. The van der Waals surface area contributed by atoms with E-state index in [1.165, 1.54) is 37.4 Å². The summed E-state index contributed by atoms with van der Waals surface area (Å²) in [5.74, 6) is 0.369. The fraction of sp³-hybridized carbons (Fsp3) is 0.125. The molecule has 0 amide bonds. The van der Waals surface area contributed by atoms with Gasteiger partial charge in [0.25, 0.3) is 0 Å². The van der Waals surface area contributed by atoms with Gasteiger partial charge in [-0.15, -0.1) is 0 Å². The number of nitrogens with zero attached hydrogens (tertiary/aromatic N) is 2. The molecule has 0 radical (unpaired) electrons. The summed E-state index contributed by atoms with van der Waals surface area (Å²) in [5, 5.41) is 9.39. The summed E-state index contributed by atoms with van der Waals surface area (Å²) in [6.45, 7) is 1.81. The molecule has 1 aromatic heterocycles. The highest BCUT2D eigenvalue weighted by atomic mass is 35.5. The van der Waals surface area contributed by atoms with Crippen molar-refractivity contribution in [3.05, 3.63) is 76.8 Å². The Morgan fingerprint density at radius 1 is 1.00 bits per heavy atom. The topological polar surface area (TPSA) is 72.1 Å². The van der Waals surface area contributed by atoms with Crippen LogP contribution in [0.1, 0.15) is 11.1 Å². The molecule has 0 unspecified atom stereocenters. The molecule has 1 heterocycles. The summed E-state index contributed by atoms with van der Waals surface area (Å²) in [4.78, 5) is 0. The minimum absolute atomic E-state index is 0.0314. The van der Waals surface area contributed by atoms with Crippen LogP contribution < -0.4 is 4.74 Å². The molecule has 10 heteroatoms. The lowest BCUT2D eigenvalue weighted by molar-refractivity contribution is -0.0444. The second kappa shape index (κ2) is 8.38. The molecule has 3 aromatic carbocycles. The summed E-state index contributed by atoms with van der Waals surface area (Å²) < 4.78 is 71.4. The average molecular weight is 505 g/mol. The Kier molecular flexibility index (Phi) is 5.84. The van der Waals surface area contributed by atoms with Gasteiger partial charge in [0.2, 0.25) is 0 Å². The Morgan fingerprint density at radius 3 is 2.29 bits per heavy atom. The molecule has 0 N–H and O–H groups in total. The summed E-state index contributed by atoms with van der Waals surface area (Å²) in [6.07, 6.45) is 0. The van der Waals surface area contributed by atoms with Crippen LogP contribution in [0.2, 0.25) is 5.02 Å². The summed E-state index contributed by atoms with van der Waals surface area (Å²) in [6, 6.07) is 17.2. The Labute approximate surface area is 198 Å². The highest BCUT2D eigenvalue weighted by Gasteiger charge is 2.49. The second-order valence-corrected chi connectivity index (χ2v) is 9.69. The first kappa shape index (κ1) is 23.7. The van der Waals surface area contributed by atoms with Crippen molar-refractivity contribution < 1.29 is 26.3 Å². The fourth-order valence-electron chi connectivity index (χ4n) is 3.80. The van der Waals surface area contributed by atoms with E-state index in [0.717, 1.165) is 11.1 Å². The number of halogens is 4. The Hall–Kier alpha value is -3.48. The third-order valence-electron chi connectivity index (χ3n) is 5.41. The molecule has 0 aliphatic rings. The Balaban J connectivity index is 2.01. The van der Waals surface area contributed by atoms with Crippen LogP contribution in [-0.2, 0) is 10.0 Å². The highest BCUT2D eigenvalue weighted by molar-refractivity contribution is 7.91. The molecular formula is C24H16ClF3N2O3S. The van der Waals surface area contributed by atoms with E-state index in [-0.39, 0.29) is 31.2 Å². The minimum atomic E-state index is -5.77. The highest BCUT2D eigenvalue weighted by Crippen LogP contribution is 2.40. The lowest BCUT2D eigenvalue weighted by Crippen LogP contribution is -2.30. The first-order chi connectivity index (χ1) is 16.0. The van der Waals surface area contributed by atoms with Crippen LogP contribution in [0.3, 0.4) is 0 Å². The van der Waals surface area contributed by atoms with Crippen LogP contribution in [0.25, 0.3) is 33.3 Å². The smallest absolute Gasteiger partial charge is 0.497 e. The predicted octanol–water partition coefficient (Wildman–Crippen LogP) is 6.52. The monoisotopic (exact) mass is 504 g/mol. The van der Waals surface area contributed by atoms with Gasteiger partial charge in [-0.05, 0) is 72.1 Å². The van der Waals surface area contributed by atoms with Gasteiger partial charge in [-0.1, -0.05) is 23.7 Å². The first-order valence-corrected chi connectivity index (χ1v) is 11.6. The van der Waals surface area contributed by atoms with E-state index >= 15 is 0 Å². The molecule has 0 spiro atoms. The lowest BCUT2D eigenvalue weighted by atomic mass is 9.98. The van der Waals surface area contributed by atoms with Gasteiger partial charge in [0.1, 0.15) is 5.75 Å². The number of hydrogen-bond donors (Lipinski definition) is 0. The SMILES string of the molecule is COc1ccc(-c2cc3cc(-c4ccc(C#N)cc4C)ccc3n2S(=O)(=O)C(F)(F)F)c(Cl)c1. The van der Waals surface area contributed by atoms with Gasteiger partial charge in [-0.3, -0.25) is 0 Å². The third-order valence-corrected chi connectivity index (χ3v) is 7.18. The predicted molar refractivity (Wildman–Crippen MR) is 124 cm³/mol. The number of aromatic nitrogens is 1. The van der Waals surface area contributed by atoms with E-state index in [4.69, 9.17) is 21.6 Å². The number of ether oxygens (including phenoxy) is 1. The van der Waals surface area contributed by atoms with Gasteiger partial charge < -0.3 is 4.74 Å². The van der Waals surface area contributed by atoms with Crippen LogP contribution in [0.5, 0.6) is 5.75 Å². The number of methoxy groups -OCH3 is 1. The number of hydrogen-bond acceptors (Lipinski definition) is 4. The molecule has 0 bridgehead atoms. The zero-order valence-corrected chi connectivity index (χ0v) is 19.4. The van der Waals surface area contributed by atoms with E-state index in [1.807, 2.05) is 6.92 Å². The summed E-state index contributed by atoms with van der Waals surface area (Å²) >= 11 is 6.29. The normalized spacial score (nSPS) is 12.0. The van der Waals surface area contributed by atoms with Crippen molar-refractivity contribution in [2.24, 2.45) is 0 Å². The van der Waals surface area contributed by atoms with Gasteiger partial charge in [-0.2, -0.15) is 26.9 Å². The zero-order valence-electron chi connectivity index (χ0n) is 17.8. The van der Waals surface area contributed by atoms with Crippen LogP contribution in [-0.4, -0.2) is 25.0 Å². The van der Waals surface area contributed by atoms with E-state index in [2.05, 4.69) is 6.07 Å². The zero-order chi connectivity index (χ0) is 24.8. The maximum absolute atomic E-state index is 13.6. The molecule has 0 atom stereocenters. The van der Waals surface area contributed by atoms with Gasteiger partial charge >= 0.3 is 15.5 Å². The Morgan fingerprint density at radius 2 is 1.71 bits per heavy atom. The van der Waals surface area contributed by atoms with Crippen molar-refractivity contribution in [2.45, 2.75) is 12.4 Å². The fourth-order valence-corrected chi connectivity index (χ4v) is 5.11. The molecule has 174 valence electrons. The van der Waals surface area contributed by atoms with E-state index in [0.29, 0.717) is 16.9 Å². The largest absolute Gasteiger partial charge is 0.517 e. The van der Waals surface area contributed by atoms with Crippen LogP contribution >= 0.6 is 11.6 Å². The Bertz CT molecular complexity index is 1590. The molecule has 0 saturated carbocycles. The molecule has 4 aromatic rings. The number of rotatable bonds is 4.